The summed E-state index contributed by atoms with van der Waals surface area (Å²) in [5.74, 6) is -1.50. The average molecular weight is 267 g/mol. The van der Waals surface area contributed by atoms with Crippen molar-refractivity contribution in [3.05, 3.63) is 23.8 Å². The molecule has 5 heteroatoms. The maximum Gasteiger partial charge on any atom is 0.201 e. The molecule has 104 valence electrons. The van der Waals surface area contributed by atoms with Crippen molar-refractivity contribution in [2.45, 2.75) is 45.6 Å². The van der Waals surface area contributed by atoms with Gasteiger partial charge >= 0.3 is 0 Å². The Morgan fingerprint density at radius 1 is 1.16 bits per heavy atom. The molecule has 2 rings (SSSR count). The van der Waals surface area contributed by atoms with E-state index in [1.165, 1.54) is 6.07 Å². The Morgan fingerprint density at radius 3 is 2.26 bits per heavy atom. The third-order valence-corrected chi connectivity index (χ3v) is 4.18. The fourth-order valence-electron chi connectivity index (χ4n) is 2.83. The molecule has 3 nitrogen and oxygen atoms in total. The molecule has 0 bridgehead atoms. The maximum absolute atomic E-state index is 14.1. The Labute approximate surface area is 111 Å². The molecule has 0 spiro atoms. The molecule has 0 saturated heterocycles. The standard InChI is InChI=1S/C14H19F2N3/c1-4-14(5-2,6-3)19-12-10(18-13(19)17)8-7-9(15)11(12)16/h7-8H,4-6H2,1-3H3,(H2,17,18). The van der Waals surface area contributed by atoms with Gasteiger partial charge in [-0.3, -0.25) is 0 Å². The van der Waals surface area contributed by atoms with Gasteiger partial charge in [-0.2, -0.15) is 0 Å². The minimum absolute atomic E-state index is 0.169. The highest BCUT2D eigenvalue weighted by atomic mass is 19.2. The normalized spacial score (nSPS) is 12.3. The van der Waals surface area contributed by atoms with E-state index in [0.29, 0.717) is 5.52 Å². The number of halogens is 2. The molecule has 2 N–H and O–H groups in total. The summed E-state index contributed by atoms with van der Waals surface area (Å²) in [6, 6.07) is 2.55. The Hall–Kier alpha value is -1.65. The lowest BCUT2D eigenvalue weighted by atomic mass is 9.89. The number of fused-ring (bicyclic) bond motifs is 1. The number of aromatic nitrogens is 2. The second-order valence-corrected chi connectivity index (χ2v) is 4.82. The highest BCUT2D eigenvalue weighted by molar-refractivity contribution is 5.79. The molecule has 0 radical (unpaired) electrons. The van der Waals surface area contributed by atoms with E-state index in [1.54, 1.807) is 4.57 Å². The van der Waals surface area contributed by atoms with Gasteiger partial charge in [-0.15, -0.1) is 0 Å². The SMILES string of the molecule is CCC(CC)(CC)n1c(N)nc2ccc(F)c(F)c21. The zero-order valence-electron chi connectivity index (χ0n) is 11.5. The number of nitrogen functional groups attached to an aromatic ring is 1. The van der Waals surface area contributed by atoms with Crippen molar-refractivity contribution in [2.24, 2.45) is 0 Å². The first-order chi connectivity index (χ1) is 9.00. The van der Waals surface area contributed by atoms with Crippen LogP contribution in [0.15, 0.2) is 12.1 Å². The number of rotatable bonds is 4. The molecule has 0 saturated carbocycles. The van der Waals surface area contributed by atoms with Crippen LogP contribution in [0, 0.1) is 11.6 Å². The number of hydrogen-bond donors (Lipinski definition) is 1. The van der Waals surface area contributed by atoms with Crippen molar-refractivity contribution < 1.29 is 8.78 Å². The minimum Gasteiger partial charge on any atom is -0.369 e. The van der Waals surface area contributed by atoms with E-state index in [2.05, 4.69) is 4.98 Å². The van der Waals surface area contributed by atoms with Crippen molar-refractivity contribution in [3.63, 3.8) is 0 Å². The van der Waals surface area contributed by atoms with E-state index in [-0.39, 0.29) is 17.0 Å². The number of nitrogens with zero attached hydrogens (tertiary/aromatic N) is 2. The highest BCUT2D eigenvalue weighted by Gasteiger charge is 2.31. The second kappa shape index (κ2) is 4.79. The first-order valence-corrected chi connectivity index (χ1v) is 6.63. The molecule has 0 aliphatic carbocycles. The number of nitrogens with two attached hydrogens (primary N) is 1. The minimum atomic E-state index is -0.874. The zero-order chi connectivity index (χ0) is 14.2. The van der Waals surface area contributed by atoms with Gasteiger partial charge in [0.25, 0.3) is 0 Å². The van der Waals surface area contributed by atoms with Crippen molar-refractivity contribution >= 4 is 17.0 Å². The lowest BCUT2D eigenvalue weighted by Crippen LogP contribution is -2.32. The molecule has 19 heavy (non-hydrogen) atoms. The van der Waals surface area contributed by atoms with E-state index < -0.39 is 11.6 Å². The van der Waals surface area contributed by atoms with E-state index in [4.69, 9.17) is 5.73 Å². The summed E-state index contributed by atoms with van der Waals surface area (Å²) in [5, 5.41) is 0. The first-order valence-electron chi connectivity index (χ1n) is 6.63. The second-order valence-electron chi connectivity index (χ2n) is 4.82. The summed E-state index contributed by atoms with van der Waals surface area (Å²) < 4.78 is 29.3. The third kappa shape index (κ3) is 1.88. The van der Waals surface area contributed by atoms with Crippen molar-refractivity contribution in [1.29, 1.82) is 0 Å². The van der Waals surface area contributed by atoms with Gasteiger partial charge in [-0.25, -0.2) is 13.8 Å². The smallest absolute Gasteiger partial charge is 0.201 e. The van der Waals surface area contributed by atoms with E-state index in [9.17, 15) is 8.78 Å². The van der Waals surface area contributed by atoms with Crippen LogP contribution in [-0.2, 0) is 5.54 Å². The van der Waals surface area contributed by atoms with Crippen LogP contribution in [-0.4, -0.2) is 9.55 Å². The largest absolute Gasteiger partial charge is 0.369 e. The lowest BCUT2D eigenvalue weighted by Gasteiger charge is -2.33. The van der Waals surface area contributed by atoms with Gasteiger partial charge in [0.2, 0.25) is 5.95 Å². The Balaban J connectivity index is 2.86. The van der Waals surface area contributed by atoms with Crippen molar-refractivity contribution in [1.82, 2.24) is 9.55 Å². The Morgan fingerprint density at radius 2 is 1.74 bits per heavy atom. The number of anilines is 1. The molecule has 0 unspecified atom stereocenters. The summed E-state index contributed by atoms with van der Waals surface area (Å²) in [7, 11) is 0. The number of imidazole rings is 1. The maximum atomic E-state index is 14.1. The molecule has 0 fully saturated rings. The third-order valence-electron chi connectivity index (χ3n) is 4.18. The molecule has 2 aromatic rings. The zero-order valence-corrected chi connectivity index (χ0v) is 11.5. The summed E-state index contributed by atoms with van der Waals surface area (Å²) >= 11 is 0. The summed E-state index contributed by atoms with van der Waals surface area (Å²) in [4.78, 5) is 4.16. The lowest BCUT2D eigenvalue weighted by molar-refractivity contribution is 0.260. The summed E-state index contributed by atoms with van der Waals surface area (Å²) in [5.41, 5.74) is 6.19. The van der Waals surface area contributed by atoms with Gasteiger partial charge in [0.05, 0.1) is 5.52 Å². The molecular formula is C14H19F2N3. The molecule has 0 aliphatic rings. The number of hydrogen-bond acceptors (Lipinski definition) is 2. The van der Waals surface area contributed by atoms with Gasteiger partial charge in [0, 0.05) is 5.54 Å². The summed E-state index contributed by atoms with van der Waals surface area (Å²) in [6.07, 6.45) is 2.35. The Bertz CT molecular complexity index is 592. The van der Waals surface area contributed by atoms with Crippen LogP contribution in [0.1, 0.15) is 40.0 Å². The van der Waals surface area contributed by atoms with Crippen LogP contribution in [0.4, 0.5) is 14.7 Å². The fourth-order valence-corrected chi connectivity index (χ4v) is 2.83. The Kier molecular flexibility index (Phi) is 3.47. The van der Waals surface area contributed by atoms with Crippen molar-refractivity contribution in [2.75, 3.05) is 5.73 Å². The van der Waals surface area contributed by atoms with E-state index in [1.807, 2.05) is 20.8 Å². The topological polar surface area (TPSA) is 43.8 Å². The van der Waals surface area contributed by atoms with Crippen LogP contribution >= 0.6 is 0 Å². The van der Waals surface area contributed by atoms with Crippen LogP contribution in [0.5, 0.6) is 0 Å². The molecule has 1 aromatic heterocycles. The van der Waals surface area contributed by atoms with E-state index >= 15 is 0 Å². The monoisotopic (exact) mass is 267 g/mol. The quantitative estimate of drug-likeness (QED) is 0.915. The van der Waals surface area contributed by atoms with Crippen LogP contribution in [0.2, 0.25) is 0 Å². The molecular weight excluding hydrogens is 248 g/mol. The molecule has 0 atom stereocenters. The van der Waals surface area contributed by atoms with E-state index in [0.717, 1.165) is 25.3 Å². The molecule has 0 aliphatic heterocycles. The average Bonchev–Trinajstić information content (AvgIpc) is 2.75. The van der Waals surface area contributed by atoms with Crippen LogP contribution in [0.3, 0.4) is 0 Å². The number of benzene rings is 1. The van der Waals surface area contributed by atoms with Gasteiger partial charge in [0.1, 0.15) is 5.52 Å². The predicted molar refractivity (Wildman–Crippen MR) is 72.9 cm³/mol. The van der Waals surface area contributed by atoms with Crippen LogP contribution < -0.4 is 5.73 Å². The van der Waals surface area contributed by atoms with Crippen molar-refractivity contribution in [3.8, 4) is 0 Å². The van der Waals surface area contributed by atoms with Gasteiger partial charge in [-0.05, 0) is 31.4 Å². The fraction of sp³-hybridized carbons (Fsp3) is 0.500. The highest BCUT2D eigenvalue weighted by Crippen LogP contribution is 2.36. The summed E-state index contributed by atoms with van der Waals surface area (Å²) in [6.45, 7) is 6.07. The van der Waals surface area contributed by atoms with Gasteiger partial charge in [-0.1, -0.05) is 20.8 Å². The molecule has 1 heterocycles. The predicted octanol–water partition coefficient (Wildman–Crippen LogP) is 3.82. The first kappa shape index (κ1) is 13.8. The van der Waals surface area contributed by atoms with Gasteiger partial charge in [0.15, 0.2) is 11.6 Å². The molecule has 0 amide bonds. The van der Waals surface area contributed by atoms with Crippen LogP contribution in [0.25, 0.3) is 11.0 Å². The molecule has 1 aromatic carbocycles. The van der Waals surface area contributed by atoms with Gasteiger partial charge < -0.3 is 10.3 Å².